The van der Waals surface area contributed by atoms with E-state index in [2.05, 4.69) is 27.5 Å². The lowest BCUT2D eigenvalue weighted by molar-refractivity contribution is 0.449. The van der Waals surface area contributed by atoms with E-state index in [0.29, 0.717) is 4.75 Å². The van der Waals surface area contributed by atoms with E-state index in [0.717, 1.165) is 23.5 Å². The number of nitrogens with one attached hydrogen (secondary N) is 1. The molecule has 1 aliphatic carbocycles. The van der Waals surface area contributed by atoms with E-state index >= 15 is 0 Å². The van der Waals surface area contributed by atoms with Crippen molar-refractivity contribution in [3.05, 3.63) is 22.6 Å². The van der Waals surface area contributed by atoms with Crippen molar-refractivity contribution >= 4 is 27.7 Å². The standard InChI is InChI=1S/C12H18BrNOS/c1-16-12(6-2-3-7-12)9-14-8-10-4-5-11(13)15-10/h4-5,14H,2-3,6-9H2,1H3. The first-order chi connectivity index (χ1) is 7.74. The predicted octanol–water partition coefficient (Wildman–Crippen LogP) is 3.81. The highest BCUT2D eigenvalue weighted by Crippen LogP contribution is 2.39. The second-order valence-electron chi connectivity index (χ2n) is 4.40. The molecule has 0 aromatic carbocycles. The Bertz CT molecular complexity index is 334. The van der Waals surface area contributed by atoms with Gasteiger partial charge in [-0.05, 0) is 47.2 Å². The summed E-state index contributed by atoms with van der Waals surface area (Å²) in [4.78, 5) is 0. The minimum absolute atomic E-state index is 0.476. The van der Waals surface area contributed by atoms with E-state index in [-0.39, 0.29) is 0 Å². The lowest BCUT2D eigenvalue weighted by atomic mass is 10.1. The summed E-state index contributed by atoms with van der Waals surface area (Å²) < 4.78 is 6.75. The Morgan fingerprint density at radius 2 is 2.19 bits per heavy atom. The molecule has 0 unspecified atom stereocenters. The van der Waals surface area contributed by atoms with Crippen LogP contribution in [0.4, 0.5) is 0 Å². The maximum atomic E-state index is 5.46. The number of furan rings is 1. The Kier molecular flexibility index (Phi) is 4.39. The highest BCUT2D eigenvalue weighted by atomic mass is 79.9. The van der Waals surface area contributed by atoms with Crippen LogP contribution in [0.15, 0.2) is 21.2 Å². The number of halogens is 1. The molecule has 1 aliphatic rings. The van der Waals surface area contributed by atoms with Gasteiger partial charge in [-0.15, -0.1) is 0 Å². The minimum Gasteiger partial charge on any atom is -0.453 e. The van der Waals surface area contributed by atoms with Crippen molar-refractivity contribution in [3.8, 4) is 0 Å². The van der Waals surface area contributed by atoms with Crippen LogP contribution in [0.25, 0.3) is 0 Å². The summed E-state index contributed by atoms with van der Waals surface area (Å²) in [5.41, 5.74) is 0. The van der Waals surface area contributed by atoms with Crippen molar-refractivity contribution in [1.29, 1.82) is 0 Å². The highest BCUT2D eigenvalue weighted by Gasteiger charge is 2.32. The van der Waals surface area contributed by atoms with Gasteiger partial charge in [0.1, 0.15) is 5.76 Å². The molecule has 0 aliphatic heterocycles. The van der Waals surface area contributed by atoms with Crippen LogP contribution in [-0.4, -0.2) is 17.5 Å². The lowest BCUT2D eigenvalue weighted by Gasteiger charge is -2.26. The first kappa shape index (κ1) is 12.5. The molecule has 0 saturated heterocycles. The predicted molar refractivity (Wildman–Crippen MR) is 72.8 cm³/mol. The van der Waals surface area contributed by atoms with Gasteiger partial charge in [0.05, 0.1) is 6.54 Å². The van der Waals surface area contributed by atoms with Crippen LogP contribution in [0.2, 0.25) is 0 Å². The molecule has 1 fully saturated rings. The van der Waals surface area contributed by atoms with Gasteiger partial charge in [0, 0.05) is 11.3 Å². The van der Waals surface area contributed by atoms with E-state index in [1.54, 1.807) is 0 Å². The largest absolute Gasteiger partial charge is 0.453 e. The normalized spacial score (nSPS) is 19.1. The van der Waals surface area contributed by atoms with Crippen LogP contribution in [0.1, 0.15) is 31.4 Å². The van der Waals surface area contributed by atoms with E-state index < -0.39 is 0 Å². The fourth-order valence-electron chi connectivity index (χ4n) is 2.33. The van der Waals surface area contributed by atoms with Gasteiger partial charge in [-0.2, -0.15) is 11.8 Å². The second-order valence-corrected chi connectivity index (χ2v) is 6.46. The highest BCUT2D eigenvalue weighted by molar-refractivity contribution is 9.10. The third-order valence-electron chi connectivity index (χ3n) is 3.32. The Balaban J connectivity index is 1.78. The van der Waals surface area contributed by atoms with Crippen LogP contribution >= 0.6 is 27.7 Å². The zero-order chi connectivity index (χ0) is 11.4. The Morgan fingerprint density at radius 3 is 2.75 bits per heavy atom. The molecule has 0 spiro atoms. The van der Waals surface area contributed by atoms with Crippen LogP contribution in [-0.2, 0) is 6.54 Å². The SMILES string of the molecule is CSC1(CNCc2ccc(Br)o2)CCCC1. The number of thioether (sulfide) groups is 1. The summed E-state index contributed by atoms with van der Waals surface area (Å²) in [6.07, 6.45) is 7.70. The maximum Gasteiger partial charge on any atom is 0.169 e. The molecular formula is C12H18BrNOS. The molecular weight excluding hydrogens is 286 g/mol. The molecule has 0 amide bonds. The molecule has 1 aromatic heterocycles. The van der Waals surface area contributed by atoms with Crippen LogP contribution in [0.5, 0.6) is 0 Å². The van der Waals surface area contributed by atoms with E-state index in [9.17, 15) is 0 Å². The molecule has 0 atom stereocenters. The average molecular weight is 304 g/mol. The van der Waals surface area contributed by atoms with Gasteiger partial charge < -0.3 is 9.73 Å². The quantitative estimate of drug-likeness (QED) is 0.895. The maximum absolute atomic E-state index is 5.46. The van der Waals surface area contributed by atoms with Gasteiger partial charge in [-0.3, -0.25) is 0 Å². The Hall–Kier alpha value is 0.0700. The lowest BCUT2D eigenvalue weighted by Crippen LogP contribution is -2.34. The van der Waals surface area contributed by atoms with Crippen LogP contribution in [0, 0.1) is 0 Å². The molecule has 2 rings (SSSR count). The van der Waals surface area contributed by atoms with Gasteiger partial charge in [0.2, 0.25) is 0 Å². The van der Waals surface area contributed by atoms with Crippen molar-refractivity contribution in [3.63, 3.8) is 0 Å². The van der Waals surface area contributed by atoms with Gasteiger partial charge in [-0.25, -0.2) is 0 Å². The smallest absolute Gasteiger partial charge is 0.169 e. The van der Waals surface area contributed by atoms with Crippen molar-refractivity contribution in [2.45, 2.75) is 37.0 Å². The molecule has 1 saturated carbocycles. The zero-order valence-electron chi connectivity index (χ0n) is 9.59. The molecule has 0 radical (unpaired) electrons. The first-order valence-corrected chi connectivity index (χ1v) is 7.76. The van der Waals surface area contributed by atoms with Gasteiger partial charge in [0.25, 0.3) is 0 Å². The average Bonchev–Trinajstić information content (AvgIpc) is 2.89. The summed E-state index contributed by atoms with van der Waals surface area (Å²) in [7, 11) is 0. The molecule has 90 valence electrons. The number of hydrogen-bond donors (Lipinski definition) is 1. The van der Waals surface area contributed by atoms with Gasteiger partial charge in [0.15, 0.2) is 4.67 Å². The minimum atomic E-state index is 0.476. The molecule has 1 aromatic rings. The van der Waals surface area contributed by atoms with E-state index in [1.165, 1.54) is 25.7 Å². The van der Waals surface area contributed by atoms with E-state index in [1.807, 2.05) is 23.9 Å². The molecule has 2 nitrogen and oxygen atoms in total. The Labute approximate surface area is 110 Å². The van der Waals surface area contributed by atoms with Crippen LogP contribution in [0.3, 0.4) is 0 Å². The van der Waals surface area contributed by atoms with Crippen molar-refractivity contribution < 1.29 is 4.42 Å². The summed E-state index contributed by atoms with van der Waals surface area (Å²) in [6.45, 7) is 1.92. The third kappa shape index (κ3) is 3.05. The molecule has 0 bridgehead atoms. The molecule has 16 heavy (non-hydrogen) atoms. The summed E-state index contributed by atoms with van der Waals surface area (Å²) in [6, 6.07) is 3.95. The summed E-state index contributed by atoms with van der Waals surface area (Å²) in [5, 5.41) is 3.51. The Morgan fingerprint density at radius 1 is 1.44 bits per heavy atom. The topological polar surface area (TPSA) is 25.2 Å². The summed E-state index contributed by atoms with van der Waals surface area (Å²) >= 11 is 5.33. The number of hydrogen-bond acceptors (Lipinski definition) is 3. The van der Waals surface area contributed by atoms with Crippen molar-refractivity contribution in [2.24, 2.45) is 0 Å². The third-order valence-corrected chi connectivity index (χ3v) is 5.17. The summed E-state index contributed by atoms with van der Waals surface area (Å²) in [5.74, 6) is 1.00. The van der Waals surface area contributed by atoms with Crippen molar-refractivity contribution in [1.82, 2.24) is 5.32 Å². The van der Waals surface area contributed by atoms with Crippen molar-refractivity contribution in [2.75, 3.05) is 12.8 Å². The van der Waals surface area contributed by atoms with E-state index in [4.69, 9.17) is 4.42 Å². The molecule has 4 heteroatoms. The molecule has 1 N–H and O–H groups in total. The molecule has 1 heterocycles. The number of rotatable bonds is 5. The van der Waals surface area contributed by atoms with Crippen LogP contribution < -0.4 is 5.32 Å². The van der Waals surface area contributed by atoms with Gasteiger partial charge in [-0.1, -0.05) is 12.8 Å². The van der Waals surface area contributed by atoms with Gasteiger partial charge >= 0.3 is 0 Å². The fourth-order valence-corrected chi connectivity index (χ4v) is 3.62. The fraction of sp³-hybridized carbons (Fsp3) is 0.667. The first-order valence-electron chi connectivity index (χ1n) is 5.74. The monoisotopic (exact) mass is 303 g/mol. The zero-order valence-corrected chi connectivity index (χ0v) is 12.0. The second kappa shape index (κ2) is 5.61.